The lowest BCUT2D eigenvalue weighted by Gasteiger charge is -2.28. The quantitative estimate of drug-likeness (QED) is 0.629. The Kier molecular flexibility index (Phi) is 5.07. The molecule has 0 bridgehead atoms. The first-order chi connectivity index (χ1) is 9.29. The van der Waals surface area contributed by atoms with Crippen LogP contribution in [0.2, 0.25) is 0 Å². The Morgan fingerprint density at radius 3 is 2.68 bits per heavy atom. The Hall–Kier alpha value is -1.71. The number of nitrogens with zero attached hydrogens (tertiary/aromatic N) is 2. The SMILES string of the molecule is O=C(OCc1ccccc1)N1CCC(N=C=S)CC1. The standard InChI is InChI=1S/C14H16N2O2S/c17-14(18-10-12-4-2-1-3-5-12)16-8-6-13(7-9-16)15-11-19/h1-5,13H,6-10H2. The molecular formula is C14H16N2O2S. The summed E-state index contributed by atoms with van der Waals surface area (Å²) in [6.45, 7) is 1.65. The van der Waals surface area contributed by atoms with Gasteiger partial charge in [-0.25, -0.2) is 9.79 Å². The molecule has 1 heterocycles. The first-order valence-electron chi connectivity index (χ1n) is 6.32. The summed E-state index contributed by atoms with van der Waals surface area (Å²) in [4.78, 5) is 17.7. The number of hydrogen-bond donors (Lipinski definition) is 0. The zero-order valence-electron chi connectivity index (χ0n) is 10.6. The van der Waals surface area contributed by atoms with E-state index in [4.69, 9.17) is 4.74 Å². The number of aliphatic imine (C=N–C) groups is 1. The number of hydrogen-bond acceptors (Lipinski definition) is 4. The highest BCUT2D eigenvalue weighted by atomic mass is 32.1. The number of likely N-dealkylation sites (tertiary alicyclic amines) is 1. The van der Waals surface area contributed by atoms with Crippen molar-refractivity contribution in [3.63, 3.8) is 0 Å². The molecule has 4 nitrogen and oxygen atoms in total. The molecule has 1 aliphatic rings. The molecule has 2 rings (SSSR count). The lowest BCUT2D eigenvalue weighted by Crippen LogP contribution is -2.39. The molecule has 0 radical (unpaired) electrons. The first-order valence-corrected chi connectivity index (χ1v) is 6.73. The number of isothiocyanates is 1. The number of thiocarbonyl (C=S) groups is 1. The van der Waals surface area contributed by atoms with Gasteiger partial charge in [0.05, 0.1) is 11.2 Å². The van der Waals surface area contributed by atoms with E-state index in [1.807, 2.05) is 30.3 Å². The van der Waals surface area contributed by atoms with Gasteiger partial charge in [-0.2, -0.15) is 0 Å². The number of carbonyl (C=O) groups is 1. The minimum atomic E-state index is -0.256. The fourth-order valence-electron chi connectivity index (χ4n) is 2.06. The Morgan fingerprint density at radius 2 is 2.05 bits per heavy atom. The molecule has 0 atom stereocenters. The number of rotatable bonds is 3. The normalized spacial score (nSPS) is 15.7. The van der Waals surface area contributed by atoms with Crippen LogP contribution in [0.3, 0.4) is 0 Å². The summed E-state index contributed by atoms with van der Waals surface area (Å²) in [6, 6.07) is 9.87. The minimum Gasteiger partial charge on any atom is -0.445 e. The number of benzene rings is 1. The fraction of sp³-hybridized carbons (Fsp3) is 0.429. The van der Waals surface area contributed by atoms with Crippen LogP contribution in [0.5, 0.6) is 0 Å². The van der Waals surface area contributed by atoms with Gasteiger partial charge in [0.1, 0.15) is 6.61 Å². The van der Waals surface area contributed by atoms with Crippen molar-refractivity contribution >= 4 is 23.5 Å². The largest absolute Gasteiger partial charge is 0.445 e. The topological polar surface area (TPSA) is 41.9 Å². The van der Waals surface area contributed by atoms with Crippen LogP contribution in [0.25, 0.3) is 0 Å². The zero-order chi connectivity index (χ0) is 13.5. The maximum Gasteiger partial charge on any atom is 0.410 e. The second kappa shape index (κ2) is 7.02. The van der Waals surface area contributed by atoms with E-state index in [9.17, 15) is 4.79 Å². The molecule has 100 valence electrons. The monoisotopic (exact) mass is 276 g/mol. The summed E-state index contributed by atoms with van der Waals surface area (Å²) in [6.07, 6.45) is 1.39. The summed E-state index contributed by atoms with van der Waals surface area (Å²) >= 11 is 4.59. The predicted octanol–water partition coefficient (Wildman–Crippen LogP) is 2.89. The van der Waals surface area contributed by atoms with Gasteiger partial charge in [0, 0.05) is 13.1 Å². The number of piperidine rings is 1. The van der Waals surface area contributed by atoms with Gasteiger partial charge >= 0.3 is 6.09 Å². The maximum absolute atomic E-state index is 11.9. The molecule has 1 fully saturated rings. The van der Waals surface area contributed by atoms with Gasteiger partial charge in [-0.3, -0.25) is 0 Å². The summed E-state index contributed by atoms with van der Waals surface area (Å²) in [5, 5.41) is 2.40. The summed E-state index contributed by atoms with van der Waals surface area (Å²) in [7, 11) is 0. The van der Waals surface area contributed by atoms with Gasteiger partial charge in [0.15, 0.2) is 0 Å². The molecule has 1 aromatic rings. The molecule has 0 unspecified atom stereocenters. The predicted molar refractivity (Wildman–Crippen MR) is 76.2 cm³/mol. The Morgan fingerprint density at radius 1 is 1.37 bits per heavy atom. The summed E-state index contributed by atoms with van der Waals surface area (Å²) in [5.74, 6) is 0. The Labute approximate surface area is 118 Å². The Balaban J connectivity index is 1.77. The second-order valence-corrected chi connectivity index (χ2v) is 4.66. The van der Waals surface area contributed by atoms with Gasteiger partial charge in [0.25, 0.3) is 0 Å². The van der Waals surface area contributed by atoms with Crippen molar-refractivity contribution in [2.24, 2.45) is 4.99 Å². The van der Waals surface area contributed by atoms with Crippen LogP contribution in [0.1, 0.15) is 18.4 Å². The van der Waals surface area contributed by atoms with Crippen LogP contribution in [0.15, 0.2) is 35.3 Å². The van der Waals surface area contributed by atoms with Crippen LogP contribution >= 0.6 is 12.2 Å². The van der Waals surface area contributed by atoms with E-state index in [1.165, 1.54) is 0 Å². The second-order valence-electron chi connectivity index (χ2n) is 4.48. The smallest absolute Gasteiger partial charge is 0.410 e. The molecular weight excluding hydrogens is 260 g/mol. The van der Waals surface area contributed by atoms with E-state index < -0.39 is 0 Å². The van der Waals surface area contributed by atoms with Crippen molar-refractivity contribution in [2.75, 3.05) is 13.1 Å². The molecule has 0 N–H and O–H groups in total. The summed E-state index contributed by atoms with van der Waals surface area (Å²) < 4.78 is 5.28. The van der Waals surface area contributed by atoms with Crippen LogP contribution in [-0.4, -0.2) is 35.3 Å². The van der Waals surface area contributed by atoms with Gasteiger partial charge in [0.2, 0.25) is 0 Å². The van der Waals surface area contributed by atoms with E-state index in [0.717, 1.165) is 18.4 Å². The third-order valence-electron chi connectivity index (χ3n) is 3.16. The highest BCUT2D eigenvalue weighted by molar-refractivity contribution is 7.78. The zero-order valence-corrected chi connectivity index (χ0v) is 11.4. The van der Waals surface area contributed by atoms with Crippen molar-refractivity contribution in [1.29, 1.82) is 0 Å². The third kappa shape index (κ3) is 4.16. The molecule has 0 spiro atoms. The van der Waals surface area contributed by atoms with Crippen molar-refractivity contribution in [1.82, 2.24) is 4.90 Å². The van der Waals surface area contributed by atoms with E-state index in [0.29, 0.717) is 19.7 Å². The summed E-state index contributed by atoms with van der Waals surface area (Å²) in [5.41, 5.74) is 0.996. The average molecular weight is 276 g/mol. The fourth-order valence-corrected chi connectivity index (χ4v) is 2.21. The molecule has 1 amide bonds. The molecule has 1 saturated heterocycles. The highest BCUT2D eigenvalue weighted by Crippen LogP contribution is 2.14. The van der Waals surface area contributed by atoms with Crippen LogP contribution in [0, 0.1) is 0 Å². The van der Waals surface area contributed by atoms with E-state index in [-0.39, 0.29) is 12.1 Å². The lowest BCUT2D eigenvalue weighted by atomic mass is 10.1. The molecule has 5 heteroatoms. The van der Waals surface area contributed by atoms with Crippen molar-refractivity contribution in [2.45, 2.75) is 25.5 Å². The van der Waals surface area contributed by atoms with Crippen LogP contribution < -0.4 is 0 Å². The van der Waals surface area contributed by atoms with Gasteiger partial charge < -0.3 is 9.64 Å². The molecule has 0 saturated carbocycles. The van der Waals surface area contributed by atoms with E-state index in [2.05, 4.69) is 22.4 Å². The van der Waals surface area contributed by atoms with Gasteiger partial charge in [-0.05, 0) is 30.6 Å². The maximum atomic E-state index is 11.9. The van der Waals surface area contributed by atoms with Crippen molar-refractivity contribution in [3.8, 4) is 0 Å². The Bertz CT molecular complexity index is 464. The number of ether oxygens (including phenoxy) is 1. The van der Waals surface area contributed by atoms with Crippen molar-refractivity contribution in [3.05, 3.63) is 35.9 Å². The van der Waals surface area contributed by atoms with E-state index in [1.54, 1.807) is 4.90 Å². The van der Waals surface area contributed by atoms with Crippen molar-refractivity contribution < 1.29 is 9.53 Å². The van der Waals surface area contributed by atoms with Gasteiger partial charge in [-0.15, -0.1) is 0 Å². The number of amides is 1. The van der Waals surface area contributed by atoms with Crippen LogP contribution in [0.4, 0.5) is 4.79 Å². The van der Waals surface area contributed by atoms with E-state index >= 15 is 0 Å². The molecule has 1 aromatic carbocycles. The number of carbonyl (C=O) groups excluding carboxylic acids is 1. The molecule has 19 heavy (non-hydrogen) atoms. The lowest BCUT2D eigenvalue weighted by molar-refractivity contribution is 0.0875. The van der Waals surface area contributed by atoms with Gasteiger partial charge in [-0.1, -0.05) is 30.3 Å². The molecule has 0 aromatic heterocycles. The van der Waals surface area contributed by atoms with Crippen LogP contribution in [-0.2, 0) is 11.3 Å². The minimum absolute atomic E-state index is 0.204. The third-order valence-corrected chi connectivity index (χ3v) is 3.27. The molecule has 0 aliphatic carbocycles. The average Bonchev–Trinajstić information content (AvgIpc) is 2.47. The molecule has 1 aliphatic heterocycles. The highest BCUT2D eigenvalue weighted by Gasteiger charge is 2.23. The first kappa shape index (κ1) is 13.7.